The zero-order valence-corrected chi connectivity index (χ0v) is 28.5. The number of nitrogens with one attached hydrogen (secondary N) is 4. The van der Waals surface area contributed by atoms with E-state index in [0.29, 0.717) is 32.7 Å². The summed E-state index contributed by atoms with van der Waals surface area (Å²) in [6, 6.07) is -1.69. The van der Waals surface area contributed by atoms with Crippen molar-refractivity contribution in [3.63, 3.8) is 0 Å². The highest BCUT2D eigenvalue weighted by Gasteiger charge is 2.57. The molecule has 0 saturated heterocycles. The van der Waals surface area contributed by atoms with Gasteiger partial charge >= 0.3 is 24.5 Å². The van der Waals surface area contributed by atoms with Gasteiger partial charge in [0.25, 0.3) is 5.91 Å². The molecule has 1 aromatic carbocycles. The summed E-state index contributed by atoms with van der Waals surface area (Å²) in [6.07, 6.45) is -12.4. The zero-order chi connectivity index (χ0) is 39.8. The van der Waals surface area contributed by atoms with Crippen LogP contribution in [0.4, 0.5) is 44.7 Å². The van der Waals surface area contributed by atoms with Crippen LogP contribution < -0.4 is 21.4 Å². The minimum atomic E-state index is -5.13. The largest absolute Gasteiger partial charge is 0.453 e. The van der Waals surface area contributed by atoms with Crippen LogP contribution in [-0.2, 0) is 25.6 Å². The van der Waals surface area contributed by atoms with Gasteiger partial charge in [-0.1, -0.05) is 0 Å². The Morgan fingerprint density at radius 3 is 1.67 bits per heavy atom. The maximum atomic E-state index is 15.3. The molecule has 0 aliphatic carbocycles. The molecule has 0 aliphatic heterocycles. The summed E-state index contributed by atoms with van der Waals surface area (Å²) in [5.74, 6) is -5.66. The van der Waals surface area contributed by atoms with Crippen LogP contribution in [0, 0.1) is 22.5 Å². The molecule has 4 amide bonds. The molecule has 1 heterocycles. The van der Waals surface area contributed by atoms with Crippen molar-refractivity contribution in [2.75, 3.05) is 27.3 Å². The van der Waals surface area contributed by atoms with Crippen molar-refractivity contribution in [2.24, 2.45) is 10.8 Å². The van der Waals surface area contributed by atoms with Gasteiger partial charge in [-0.05, 0) is 45.9 Å². The number of halogens is 8. The molecule has 1 unspecified atom stereocenters. The number of aromatic nitrogens is 2. The van der Waals surface area contributed by atoms with Gasteiger partial charge < -0.3 is 30.5 Å². The Bertz CT molecular complexity index is 1550. The van der Waals surface area contributed by atoms with E-state index in [0.717, 1.165) is 26.4 Å². The lowest BCUT2D eigenvalue weighted by atomic mass is 9.83. The second-order valence-corrected chi connectivity index (χ2v) is 12.3. The van der Waals surface area contributed by atoms with Crippen molar-refractivity contribution < 1.29 is 68.9 Å². The average Bonchev–Trinajstić information content (AvgIpc) is 3.05. The fourth-order valence-corrected chi connectivity index (χ4v) is 4.36. The molecular weight excluding hydrogens is 722 g/mol. The van der Waals surface area contributed by atoms with Crippen LogP contribution in [0.15, 0.2) is 30.6 Å². The van der Waals surface area contributed by atoms with Crippen LogP contribution in [0.1, 0.15) is 33.3 Å². The lowest BCUT2D eigenvalue weighted by Crippen LogP contribution is -2.62. The van der Waals surface area contributed by atoms with Crippen LogP contribution in [0.3, 0.4) is 0 Å². The van der Waals surface area contributed by atoms with E-state index in [1.165, 1.54) is 18.5 Å². The summed E-state index contributed by atoms with van der Waals surface area (Å²) in [7, 11) is 1.63. The van der Waals surface area contributed by atoms with Crippen molar-refractivity contribution in [3.05, 3.63) is 47.8 Å². The number of hydrogen-bond donors (Lipinski definition) is 5. The Balaban J connectivity index is 2.47. The predicted octanol–water partition coefficient (Wildman–Crippen LogP) is 3.36. The number of methoxy groups -OCH3 is 2. The fraction of sp³-hybridized carbons (Fsp3) is 0.533. The third-order valence-electron chi connectivity index (χ3n) is 7.85. The van der Waals surface area contributed by atoms with E-state index in [9.17, 15) is 50.6 Å². The molecule has 0 saturated carbocycles. The Morgan fingerprint density at radius 1 is 0.808 bits per heavy atom. The molecule has 0 fully saturated rings. The Morgan fingerprint density at radius 2 is 1.25 bits per heavy atom. The first-order valence-electron chi connectivity index (χ1n) is 15.0. The Kier molecular flexibility index (Phi) is 14.2. The van der Waals surface area contributed by atoms with Gasteiger partial charge in [0.1, 0.15) is 23.7 Å². The molecule has 52 heavy (non-hydrogen) atoms. The first-order valence-corrected chi connectivity index (χ1v) is 15.0. The lowest BCUT2D eigenvalue weighted by molar-refractivity contribution is -0.221. The fourth-order valence-electron chi connectivity index (χ4n) is 4.36. The number of alkyl halides is 6. The van der Waals surface area contributed by atoms with Gasteiger partial charge in [0.05, 0.1) is 31.2 Å². The molecule has 0 spiro atoms. The van der Waals surface area contributed by atoms with Gasteiger partial charge in [0.15, 0.2) is 5.82 Å². The molecular formula is C30H37F8N7O7. The quantitative estimate of drug-likeness (QED) is 0.142. The molecule has 2 rings (SSSR count). The highest BCUT2D eigenvalue weighted by molar-refractivity contribution is 5.87. The van der Waals surface area contributed by atoms with Crippen molar-refractivity contribution in [2.45, 2.75) is 64.8 Å². The molecule has 0 bridgehead atoms. The number of amides is 4. The van der Waals surface area contributed by atoms with Crippen molar-refractivity contribution in [1.82, 2.24) is 36.4 Å². The van der Waals surface area contributed by atoms with Gasteiger partial charge in [-0.2, -0.15) is 26.3 Å². The predicted molar refractivity (Wildman–Crippen MR) is 163 cm³/mol. The van der Waals surface area contributed by atoms with Crippen LogP contribution in [0.25, 0.3) is 11.4 Å². The van der Waals surface area contributed by atoms with Crippen LogP contribution in [0.2, 0.25) is 0 Å². The molecule has 2 aromatic rings. The van der Waals surface area contributed by atoms with E-state index in [4.69, 9.17) is 0 Å². The number of hydrogen-bond acceptors (Lipinski definition) is 10. The maximum Gasteiger partial charge on any atom is 0.407 e. The number of ether oxygens (including phenoxy) is 2. The van der Waals surface area contributed by atoms with E-state index in [1.54, 1.807) is 10.6 Å². The number of alkyl carbamates (subject to hydrolysis) is 2. The van der Waals surface area contributed by atoms with E-state index in [2.05, 4.69) is 19.4 Å². The number of benzene rings is 1. The van der Waals surface area contributed by atoms with Crippen molar-refractivity contribution in [3.8, 4) is 11.4 Å². The summed E-state index contributed by atoms with van der Waals surface area (Å²) < 4.78 is 123. The lowest BCUT2D eigenvalue weighted by Gasteiger charge is -2.37. The normalized spacial score (nSPS) is 14.2. The van der Waals surface area contributed by atoms with E-state index in [1.807, 2.05) is 10.7 Å². The second-order valence-electron chi connectivity index (χ2n) is 12.3. The van der Waals surface area contributed by atoms with Gasteiger partial charge in [-0.25, -0.2) is 33.3 Å². The third kappa shape index (κ3) is 10.8. The minimum Gasteiger partial charge on any atom is -0.453 e. The number of carbonyl (C=O) groups is 4. The molecule has 14 nitrogen and oxygen atoms in total. The first kappa shape index (κ1) is 43.3. The molecule has 0 aliphatic rings. The van der Waals surface area contributed by atoms with Gasteiger partial charge in [0, 0.05) is 43.2 Å². The van der Waals surface area contributed by atoms with Gasteiger partial charge in [0.2, 0.25) is 5.91 Å². The van der Waals surface area contributed by atoms with Crippen LogP contribution in [0.5, 0.6) is 0 Å². The molecule has 3 atom stereocenters. The van der Waals surface area contributed by atoms with Crippen molar-refractivity contribution >= 4 is 24.0 Å². The molecule has 5 N–H and O–H groups in total. The topological polar surface area (TPSA) is 184 Å². The summed E-state index contributed by atoms with van der Waals surface area (Å²) in [5.41, 5.74) is -4.84. The Labute approximate surface area is 291 Å². The molecule has 22 heteroatoms. The number of aliphatic hydroxyl groups excluding tert-OH is 1. The summed E-state index contributed by atoms with van der Waals surface area (Å²) in [6.45, 7) is -0.551. The number of carbonyl (C=O) groups excluding carboxylic acids is 4. The molecule has 1 aromatic heterocycles. The first-order chi connectivity index (χ1) is 23.9. The summed E-state index contributed by atoms with van der Waals surface area (Å²) in [4.78, 5) is 57.6. The van der Waals surface area contributed by atoms with E-state index < -0.39 is 102 Å². The summed E-state index contributed by atoms with van der Waals surface area (Å²) in [5, 5.41) is 16.8. The van der Waals surface area contributed by atoms with E-state index >= 15 is 8.78 Å². The Hall–Kier alpha value is -4.86. The van der Waals surface area contributed by atoms with Crippen molar-refractivity contribution in [1.29, 1.82) is 0 Å². The highest BCUT2D eigenvalue weighted by Crippen LogP contribution is 2.41. The minimum absolute atomic E-state index is 0.0806. The summed E-state index contributed by atoms with van der Waals surface area (Å²) >= 11 is 0. The second kappa shape index (κ2) is 17.1. The number of rotatable bonds is 14. The van der Waals surface area contributed by atoms with E-state index in [-0.39, 0.29) is 11.4 Å². The van der Waals surface area contributed by atoms with Gasteiger partial charge in [-0.3, -0.25) is 15.0 Å². The standard InChI is InChI=1S/C30H37F8N7O7/c1-27(2,29(33,34)35)20(42-25(49)51-5)23(47)41-12-16(46)13-45(44-24(48)21(43-26(50)52-6)28(3,4)30(36,37)38)14-17-18(31)10-15(11-19(17)32)22-39-8-7-9-40-22/h7-11,16,20-21,46H,12-14H2,1-6H3,(H,41,47)(H,42,49)(H,43,50)(H,44,48)/t16-,20?,21-/m1/s1. The highest BCUT2D eigenvalue weighted by atomic mass is 19.4. The number of nitrogens with zero attached hydrogens (tertiary/aromatic N) is 3. The smallest absolute Gasteiger partial charge is 0.407 e. The van der Waals surface area contributed by atoms with Gasteiger partial charge in [-0.15, -0.1) is 0 Å². The zero-order valence-electron chi connectivity index (χ0n) is 28.5. The monoisotopic (exact) mass is 759 g/mol. The average molecular weight is 760 g/mol. The number of hydrazine groups is 1. The SMILES string of the molecule is COC(=O)NC(C(=O)NC[C@@H](O)CN(Cc1c(F)cc(-c2ncccn2)cc1F)NC(=O)[C@@H](NC(=O)OC)C(C)(C)C(F)(F)F)C(C)(C)C(F)(F)F. The maximum absolute atomic E-state index is 15.3. The van der Waals surface area contributed by atoms with Crippen LogP contribution >= 0.6 is 0 Å². The number of aliphatic hydroxyl groups is 1. The van der Waals surface area contributed by atoms with Crippen LogP contribution in [-0.4, -0.2) is 102 Å². The molecule has 0 radical (unpaired) electrons. The molecule has 290 valence electrons. The third-order valence-corrected chi connectivity index (χ3v) is 7.85.